The summed E-state index contributed by atoms with van der Waals surface area (Å²) >= 11 is 0. The van der Waals surface area contributed by atoms with E-state index in [2.05, 4.69) is 22.1 Å². The average Bonchev–Trinajstić information content (AvgIpc) is 3.23. The van der Waals surface area contributed by atoms with Gasteiger partial charge >= 0.3 is 0 Å². The maximum atomic E-state index is 13.8. The van der Waals surface area contributed by atoms with Crippen LogP contribution in [0.4, 0.5) is 4.39 Å². The zero-order chi connectivity index (χ0) is 18.3. The number of guanidine groups is 1. The van der Waals surface area contributed by atoms with Gasteiger partial charge in [0.15, 0.2) is 0 Å². The molecule has 4 atom stereocenters. The van der Waals surface area contributed by atoms with Gasteiger partial charge in [-0.15, -0.1) is 0 Å². The molecule has 0 saturated carbocycles. The molecular formula is C19H25FN4O2. The van der Waals surface area contributed by atoms with Crippen molar-refractivity contribution in [3.05, 3.63) is 12.2 Å². The minimum atomic E-state index is -1.69. The van der Waals surface area contributed by atoms with E-state index in [0.717, 1.165) is 45.4 Å². The quantitative estimate of drug-likeness (QED) is 0.706. The average molecular weight is 360 g/mol. The summed E-state index contributed by atoms with van der Waals surface area (Å²) in [5, 5.41) is 0. The van der Waals surface area contributed by atoms with E-state index >= 15 is 0 Å². The van der Waals surface area contributed by atoms with Gasteiger partial charge in [-0.2, -0.15) is 4.99 Å². The van der Waals surface area contributed by atoms with Crippen molar-refractivity contribution >= 4 is 23.5 Å². The van der Waals surface area contributed by atoms with Crippen LogP contribution < -0.4 is 0 Å². The molecule has 0 aromatic carbocycles. The van der Waals surface area contributed by atoms with Gasteiger partial charge in [0.2, 0.25) is 18.0 Å². The van der Waals surface area contributed by atoms with Crippen LogP contribution in [0.5, 0.6) is 0 Å². The Kier molecular flexibility index (Phi) is 4.63. The number of likely N-dealkylation sites (tertiary alicyclic amines) is 2. The van der Waals surface area contributed by atoms with Gasteiger partial charge < -0.3 is 9.80 Å². The lowest BCUT2D eigenvalue weighted by atomic mass is 9.93. The fraction of sp³-hybridized carbons (Fsp3) is 0.684. The molecule has 2 saturated heterocycles. The van der Waals surface area contributed by atoms with Crippen molar-refractivity contribution in [2.45, 2.75) is 38.8 Å². The molecule has 0 spiro atoms. The molecule has 2 amide bonds. The third kappa shape index (κ3) is 3.08. The molecule has 2 fully saturated rings. The second-order valence-electron chi connectivity index (χ2n) is 7.72. The number of allylic oxidation sites excluding steroid dienone is 2. The van der Waals surface area contributed by atoms with E-state index in [4.69, 9.17) is 0 Å². The molecule has 0 aromatic rings. The molecule has 0 aromatic heterocycles. The third-order valence-electron chi connectivity index (χ3n) is 6.02. The Morgan fingerprint density at radius 3 is 2.54 bits per heavy atom. The van der Waals surface area contributed by atoms with Gasteiger partial charge in [-0.25, -0.2) is 9.38 Å². The van der Waals surface area contributed by atoms with E-state index in [9.17, 15) is 14.0 Å². The number of carbonyl (C=O) groups excluding carboxylic acids is 2. The Morgan fingerprint density at radius 2 is 1.92 bits per heavy atom. The standard InChI is InChI=1S/C19H25FN4O2/c1-2-15-16(20)17(25)22-19(21-15)24-10-13-8-23(9-14(13)11-24)18(26)12-6-4-3-5-7-12/h3-4,12-14,16H,2,5-11H2,1H3. The van der Waals surface area contributed by atoms with Crippen LogP contribution >= 0.6 is 0 Å². The molecule has 7 heteroatoms. The van der Waals surface area contributed by atoms with Crippen molar-refractivity contribution in [3.63, 3.8) is 0 Å². The third-order valence-corrected chi connectivity index (χ3v) is 6.02. The molecule has 0 bridgehead atoms. The van der Waals surface area contributed by atoms with Crippen molar-refractivity contribution < 1.29 is 14.0 Å². The smallest absolute Gasteiger partial charge is 0.289 e. The summed E-state index contributed by atoms with van der Waals surface area (Å²) < 4.78 is 13.8. The maximum Gasteiger partial charge on any atom is 0.289 e. The lowest BCUT2D eigenvalue weighted by Crippen LogP contribution is -2.40. The zero-order valence-corrected chi connectivity index (χ0v) is 15.1. The van der Waals surface area contributed by atoms with E-state index in [1.807, 2.05) is 9.80 Å². The van der Waals surface area contributed by atoms with Crippen LogP contribution in [0.15, 0.2) is 22.1 Å². The number of nitrogens with zero attached hydrogens (tertiary/aromatic N) is 4. The number of carbonyl (C=O) groups is 2. The van der Waals surface area contributed by atoms with Crippen molar-refractivity contribution in [1.29, 1.82) is 0 Å². The molecule has 26 heavy (non-hydrogen) atoms. The van der Waals surface area contributed by atoms with E-state index in [-0.39, 0.29) is 17.5 Å². The summed E-state index contributed by atoms with van der Waals surface area (Å²) in [6.45, 7) is 4.77. The summed E-state index contributed by atoms with van der Waals surface area (Å²) in [5.74, 6) is 0.774. The number of aliphatic imine (C=N–C) groups is 2. The van der Waals surface area contributed by atoms with Crippen molar-refractivity contribution in [1.82, 2.24) is 9.80 Å². The van der Waals surface area contributed by atoms with Crippen LogP contribution in [0.2, 0.25) is 0 Å². The van der Waals surface area contributed by atoms with Crippen LogP contribution in [0.3, 0.4) is 0 Å². The summed E-state index contributed by atoms with van der Waals surface area (Å²) in [6.07, 6.45) is 5.78. The Bertz CT molecular complexity index is 688. The first-order valence-electron chi connectivity index (χ1n) is 9.59. The van der Waals surface area contributed by atoms with Gasteiger partial charge in [-0.3, -0.25) is 9.59 Å². The van der Waals surface area contributed by atoms with Crippen molar-refractivity contribution in [3.8, 4) is 0 Å². The monoisotopic (exact) mass is 360 g/mol. The van der Waals surface area contributed by atoms with Gasteiger partial charge in [0.1, 0.15) is 0 Å². The molecule has 0 N–H and O–H groups in total. The van der Waals surface area contributed by atoms with E-state index < -0.39 is 12.1 Å². The number of hydrogen-bond donors (Lipinski definition) is 0. The second kappa shape index (κ2) is 6.93. The van der Waals surface area contributed by atoms with Gasteiger partial charge in [0, 0.05) is 43.9 Å². The normalized spacial score (nSPS) is 34.0. The molecule has 6 nitrogen and oxygen atoms in total. The highest BCUT2D eigenvalue weighted by Gasteiger charge is 2.44. The SMILES string of the molecule is CCC1=NC(N2CC3CN(C(=O)C4CC=CCC4)CC3C2)=NC(=O)C1F. The fourth-order valence-electron chi connectivity index (χ4n) is 4.52. The first kappa shape index (κ1) is 17.4. The van der Waals surface area contributed by atoms with Gasteiger partial charge in [-0.05, 0) is 25.7 Å². The summed E-state index contributed by atoms with van der Waals surface area (Å²) in [7, 11) is 0. The lowest BCUT2D eigenvalue weighted by Gasteiger charge is -2.27. The molecular weight excluding hydrogens is 335 g/mol. The van der Waals surface area contributed by atoms with Gasteiger partial charge in [0.05, 0.1) is 5.71 Å². The van der Waals surface area contributed by atoms with Crippen molar-refractivity contribution in [2.75, 3.05) is 26.2 Å². The molecule has 4 rings (SSSR count). The minimum Gasteiger partial charge on any atom is -0.342 e. The first-order chi connectivity index (χ1) is 12.6. The Balaban J connectivity index is 1.39. The maximum absolute atomic E-state index is 13.8. The number of rotatable bonds is 2. The number of fused-ring (bicyclic) bond motifs is 1. The fourth-order valence-corrected chi connectivity index (χ4v) is 4.52. The molecule has 140 valence electrons. The first-order valence-corrected chi connectivity index (χ1v) is 9.59. The van der Waals surface area contributed by atoms with Gasteiger partial charge in [0.25, 0.3) is 5.91 Å². The minimum absolute atomic E-state index is 0.133. The van der Waals surface area contributed by atoms with E-state index in [1.54, 1.807) is 6.92 Å². The Morgan fingerprint density at radius 1 is 1.19 bits per heavy atom. The van der Waals surface area contributed by atoms with Crippen LogP contribution in [-0.4, -0.2) is 65.6 Å². The Labute approximate surface area is 152 Å². The number of amides is 2. The summed E-state index contributed by atoms with van der Waals surface area (Å²) in [5.41, 5.74) is 0.263. The molecule has 4 unspecified atom stereocenters. The highest BCUT2D eigenvalue weighted by molar-refractivity contribution is 6.17. The topological polar surface area (TPSA) is 65.3 Å². The predicted octanol–water partition coefficient (Wildman–Crippen LogP) is 1.82. The highest BCUT2D eigenvalue weighted by atomic mass is 19.1. The van der Waals surface area contributed by atoms with Crippen LogP contribution in [0.25, 0.3) is 0 Å². The summed E-state index contributed by atoms with van der Waals surface area (Å²) in [6, 6.07) is 0. The highest BCUT2D eigenvalue weighted by Crippen LogP contribution is 2.34. The lowest BCUT2D eigenvalue weighted by molar-refractivity contribution is -0.135. The second-order valence-corrected chi connectivity index (χ2v) is 7.72. The molecule has 1 aliphatic carbocycles. The number of hydrogen-bond acceptors (Lipinski definition) is 4. The van der Waals surface area contributed by atoms with Crippen molar-refractivity contribution in [2.24, 2.45) is 27.7 Å². The van der Waals surface area contributed by atoms with Gasteiger partial charge in [-0.1, -0.05) is 19.1 Å². The van der Waals surface area contributed by atoms with E-state index in [0.29, 0.717) is 24.2 Å². The zero-order valence-electron chi connectivity index (χ0n) is 15.1. The van der Waals surface area contributed by atoms with Crippen LogP contribution in [0.1, 0.15) is 32.6 Å². The Hall–Kier alpha value is -2.05. The molecule has 3 aliphatic heterocycles. The predicted molar refractivity (Wildman–Crippen MR) is 96.7 cm³/mol. The number of alkyl halides is 1. The van der Waals surface area contributed by atoms with Crippen LogP contribution in [-0.2, 0) is 9.59 Å². The van der Waals surface area contributed by atoms with Crippen LogP contribution in [0, 0.1) is 17.8 Å². The van der Waals surface area contributed by atoms with E-state index in [1.165, 1.54) is 0 Å². The summed E-state index contributed by atoms with van der Waals surface area (Å²) in [4.78, 5) is 36.6. The molecule has 0 radical (unpaired) electrons. The molecule has 3 heterocycles. The largest absolute Gasteiger partial charge is 0.342 e. The molecule has 4 aliphatic rings. The number of halogens is 1.